The highest BCUT2D eigenvalue weighted by molar-refractivity contribution is 5.90. The van der Waals surface area contributed by atoms with Crippen LogP contribution in [0.2, 0.25) is 0 Å². The van der Waals surface area contributed by atoms with Crippen molar-refractivity contribution in [3.8, 4) is 18.1 Å². The number of benzene rings is 2. The maximum atomic E-state index is 12.1. The van der Waals surface area contributed by atoms with Crippen LogP contribution in [0.5, 0.6) is 5.75 Å². The lowest BCUT2D eigenvalue weighted by molar-refractivity contribution is -0.117. The van der Waals surface area contributed by atoms with E-state index in [9.17, 15) is 9.59 Å². The van der Waals surface area contributed by atoms with Crippen molar-refractivity contribution in [3.63, 3.8) is 0 Å². The number of terminal acetylenes is 1. The largest absolute Gasteiger partial charge is 0.514 e. The first-order valence-corrected chi connectivity index (χ1v) is 12.3. The molecule has 10 heteroatoms. The van der Waals surface area contributed by atoms with Crippen LogP contribution in [0.25, 0.3) is 0 Å². The molecule has 0 radical (unpaired) electrons. The highest BCUT2D eigenvalue weighted by atomic mass is 16.7. The first-order valence-electron chi connectivity index (χ1n) is 12.3. The van der Waals surface area contributed by atoms with Crippen molar-refractivity contribution < 1.29 is 42.7 Å². The molecule has 2 aromatic carbocycles. The van der Waals surface area contributed by atoms with Gasteiger partial charge in [-0.1, -0.05) is 36.3 Å². The van der Waals surface area contributed by atoms with Crippen LogP contribution < -0.4 is 10.1 Å². The predicted octanol–water partition coefficient (Wildman–Crippen LogP) is 3.45. The monoisotopic (exact) mass is 529 g/mol. The van der Waals surface area contributed by atoms with Crippen molar-refractivity contribution in [1.82, 2.24) is 0 Å². The Hall–Kier alpha value is -3.46. The van der Waals surface area contributed by atoms with Gasteiger partial charge >= 0.3 is 6.16 Å². The molecule has 0 heterocycles. The van der Waals surface area contributed by atoms with E-state index in [1.807, 2.05) is 6.07 Å². The van der Waals surface area contributed by atoms with Crippen LogP contribution in [0.1, 0.15) is 12.0 Å². The second kappa shape index (κ2) is 20.6. The fourth-order valence-corrected chi connectivity index (χ4v) is 2.84. The molecule has 1 N–H and O–H groups in total. The number of carbonyl (C=O) groups is 2. The van der Waals surface area contributed by atoms with Gasteiger partial charge < -0.3 is 38.5 Å². The molecule has 2 aromatic rings. The van der Waals surface area contributed by atoms with Crippen molar-refractivity contribution in [2.24, 2.45) is 0 Å². The Bertz CT molecular complexity index is 945. The Morgan fingerprint density at radius 2 is 1.26 bits per heavy atom. The smallest absolute Gasteiger partial charge is 0.429 e. The van der Waals surface area contributed by atoms with Gasteiger partial charge in [-0.2, -0.15) is 0 Å². The normalized spacial score (nSPS) is 10.5. The highest BCUT2D eigenvalue weighted by Gasteiger charge is 2.07. The Balaban J connectivity index is 1.41. The SMILES string of the molecule is C#CCOCCOCCOCCOCCOCCC(=O)Nc1ccc(COC(=O)Oc2ccccc2)cc1. The first kappa shape index (κ1) is 30.8. The minimum atomic E-state index is -0.784. The lowest BCUT2D eigenvalue weighted by atomic mass is 10.2. The van der Waals surface area contributed by atoms with Gasteiger partial charge in [0.2, 0.25) is 5.91 Å². The van der Waals surface area contributed by atoms with Crippen LogP contribution in [0.3, 0.4) is 0 Å². The fraction of sp³-hybridized carbons (Fsp3) is 0.429. The van der Waals surface area contributed by atoms with Crippen molar-refractivity contribution >= 4 is 17.7 Å². The molecule has 206 valence electrons. The van der Waals surface area contributed by atoms with Gasteiger partial charge in [-0.15, -0.1) is 6.42 Å². The Morgan fingerprint density at radius 3 is 1.84 bits per heavy atom. The summed E-state index contributed by atoms with van der Waals surface area (Å²) in [4.78, 5) is 23.8. The van der Waals surface area contributed by atoms with E-state index in [-0.39, 0.29) is 32.1 Å². The third-order valence-electron chi connectivity index (χ3n) is 4.69. The van der Waals surface area contributed by atoms with Crippen LogP contribution >= 0.6 is 0 Å². The summed E-state index contributed by atoms with van der Waals surface area (Å²) in [7, 11) is 0. The van der Waals surface area contributed by atoms with Gasteiger partial charge in [0.15, 0.2) is 0 Å². The van der Waals surface area contributed by atoms with Crippen LogP contribution in [-0.4, -0.2) is 78.1 Å². The Labute approximate surface area is 223 Å². The van der Waals surface area contributed by atoms with Crippen molar-refractivity contribution in [3.05, 3.63) is 60.2 Å². The molecule has 0 atom stereocenters. The standard InChI is InChI=1S/C28H35NO9/c1-2-13-32-15-17-34-19-21-36-22-20-35-18-16-33-14-12-27(30)29-25-10-8-24(9-11-25)23-37-28(31)38-26-6-4-3-5-7-26/h1,3-11H,12-23H2,(H,29,30). The van der Waals surface area contributed by atoms with Gasteiger partial charge in [0.05, 0.1) is 65.9 Å². The number of nitrogens with one attached hydrogen (secondary N) is 1. The average Bonchev–Trinajstić information content (AvgIpc) is 2.93. The van der Waals surface area contributed by atoms with E-state index in [4.69, 9.17) is 39.6 Å². The highest BCUT2D eigenvalue weighted by Crippen LogP contribution is 2.13. The number of hydrogen-bond acceptors (Lipinski definition) is 9. The maximum Gasteiger partial charge on any atom is 0.514 e. The van der Waals surface area contributed by atoms with Crippen LogP contribution in [0.4, 0.5) is 10.5 Å². The zero-order valence-corrected chi connectivity index (χ0v) is 21.4. The van der Waals surface area contributed by atoms with E-state index < -0.39 is 6.16 Å². The van der Waals surface area contributed by atoms with Crippen LogP contribution in [0.15, 0.2) is 54.6 Å². The number of amides is 1. The molecule has 1 amide bonds. The quantitative estimate of drug-likeness (QED) is 0.119. The molecule has 0 bridgehead atoms. The zero-order valence-electron chi connectivity index (χ0n) is 21.4. The summed E-state index contributed by atoms with van der Waals surface area (Å²) in [5.41, 5.74) is 1.40. The third kappa shape index (κ3) is 15.6. The number of rotatable bonds is 20. The van der Waals surface area contributed by atoms with Gasteiger partial charge in [-0.3, -0.25) is 4.79 Å². The first-order chi connectivity index (χ1) is 18.7. The van der Waals surface area contributed by atoms with E-state index in [0.29, 0.717) is 64.3 Å². The number of carbonyl (C=O) groups excluding carboxylic acids is 2. The molecule has 0 aromatic heterocycles. The molecule has 0 spiro atoms. The molecule has 38 heavy (non-hydrogen) atoms. The maximum absolute atomic E-state index is 12.1. The third-order valence-corrected chi connectivity index (χ3v) is 4.69. The minimum Gasteiger partial charge on any atom is -0.429 e. The molecule has 0 aliphatic rings. The van der Waals surface area contributed by atoms with Gasteiger partial charge in [-0.05, 0) is 29.8 Å². The molecule has 0 fully saturated rings. The molecule has 0 unspecified atom stereocenters. The van der Waals surface area contributed by atoms with E-state index in [0.717, 1.165) is 5.56 Å². The Kier molecular flexibility index (Phi) is 16.7. The summed E-state index contributed by atoms with van der Waals surface area (Å²) < 4.78 is 36.8. The van der Waals surface area contributed by atoms with Gasteiger partial charge in [0, 0.05) is 5.69 Å². The Morgan fingerprint density at radius 1 is 0.711 bits per heavy atom. The number of para-hydroxylation sites is 1. The summed E-state index contributed by atoms with van der Waals surface area (Å²) in [6.07, 6.45) is 4.50. The van der Waals surface area contributed by atoms with Gasteiger partial charge in [-0.25, -0.2) is 4.79 Å². The van der Waals surface area contributed by atoms with Crippen LogP contribution in [0, 0.1) is 12.3 Å². The molecular weight excluding hydrogens is 494 g/mol. The molecule has 2 rings (SSSR count). The number of hydrogen-bond donors (Lipinski definition) is 1. The average molecular weight is 530 g/mol. The van der Waals surface area contributed by atoms with E-state index in [1.165, 1.54) is 0 Å². The summed E-state index contributed by atoms with van der Waals surface area (Å²) in [5, 5.41) is 2.79. The molecular formula is C28H35NO9. The van der Waals surface area contributed by atoms with E-state index in [2.05, 4.69) is 11.2 Å². The minimum absolute atomic E-state index is 0.0559. The summed E-state index contributed by atoms with van der Waals surface area (Å²) in [6, 6.07) is 15.7. The summed E-state index contributed by atoms with van der Waals surface area (Å²) >= 11 is 0. The second-order valence-electron chi connectivity index (χ2n) is 7.66. The molecule has 0 aliphatic carbocycles. The van der Waals surface area contributed by atoms with Crippen molar-refractivity contribution in [2.45, 2.75) is 13.0 Å². The summed E-state index contributed by atoms with van der Waals surface area (Å²) in [6.45, 7) is 4.24. The number of ether oxygens (including phenoxy) is 7. The molecule has 10 nitrogen and oxygen atoms in total. The lowest BCUT2D eigenvalue weighted by Gasteiger charge is -2.09. The summed E-state index contributed by atoms with van der Waals surface area (Å²) in [5.74, 6) is 2.63. The van der Waals surface area contributed by atoms with Gasteiger partial charge in [0.25, 0.3) is 0 Å². The topological polar surface area (TPSA) is 111 Å². The second-order valence-corrected chi connectivity index (χ2v) is 7.66. The van der Waals surface area contributed by atoms with Gasteiger partial charge in [0.1, 0.15) is 19.0 Å². The van der Waals surface area contributed by atoms with E-state index >= 15 is 0 Å². The lowest BCUT2D eigenvalue weighted by Crippen LogP contribution is -2.16. The van der Waals surface area contributed by atoms with Crippen LogP contribution in [-0.2, 0) is 39.8 Å². The zero-order chi connectivity index (χ0) is 27.1. The fourth-order valence-electron chi connectivity index (χ4n) is 2.84. The molecule has 0 saturated heterocycles. The van der Waals surface area contributed by atoms with Crippen molar-refractivity contribution in [2.75, 3.05) is 71.4 Å². The predicted molar refractivity (Wildman–Crippen MR) is 140 cm³/mol. The van der Waals surface area contributed by atoms with Crippen molar-refractivity contribution in [1.29, 1.82) is 0 Å². The molecule has 0 aliphatic heterocycles. The van der Waals surface area contributed by atoms with E-state index in [1.54, 1.807) is 48.5 Å². The molecule has 0 saturated carbocycles. The number of anilines is 1.